The van der Waals surface area contributed by atoms with Crippen molar-refractivity contribution in [2.45, 2.75) is 13.0 Å². The van der Waals surface area contributed by atoms with Gasteiger partial charge < -0.3 is 9.30 Å². The van der Waals surface area contributed by atoms with Crippen LogP contribution in [0.15, 0.2) is 30.6 Å². The average Bonchev–Trinajstić information content (AvgIpc) is 2.78. The third-order valence-corrected chi connectivity index (χ3v) is 3.14. The molecule has 0 bridgehead atoms. The van der Waals surface area contributed by atoms with Crippen LogP contribution in [0, 0.1) is 0 Å². The lowest BCUT2D eigenvalue weighted by atomic mass is 9.98. The van der Waals surface area contributed by atoms with Gasteiger partial charge in [0.1, 0.15) is 0 Å². The van der Waals surface area contributed by atoms with E-state index in [1.165, 1.54) is 18.2 Å². The van der Waals surface area contributed by atoms with Crippen LogP contribution in [0.25, 0.3) is 0 Å². The number of aromatic nitrogens is 2. The van der Waals surface area contributed by atoms with E-state index in [0.29, 0.717) is 5.69 Å². The molecule has 0 aliphatic carbocycles. The molecule has 2 aromatic rings. The summed E-state index contributed by atoms with van der Waals surface area (Å²) in [5.41, 5.74) is 3.91. The highest BCUT2D eigenvalue weighted by Gasteiger charge is 2.23. The van der Waals surface area contributed by atoms with Gasteiger partial charge in [-0.15, -0.1) is 0 Å². The molecule has 1 aliphatic rings. The van der Waals surface area contributed by atoms with Crippen LogP contribution in [0.1, 0.15) is 27.3 Å². The Morgan fingerprint density at radius 2 is 2.12 bits per heavy atom. The van der Waals surface area contributed by atoms with Gasteiger partial charge in [-0.25, -0.2) is 9.78 Å². The van der Waals surface area contributed by atoms with Gasteiger partial charge >= 0.3 is 5.97 Å². The number of hydrogen-bond donors (Lipinski definition) is 0. The highest BCUT2D eigenvalue weighted by atomic mass is 16.5. The van der Waals surface area contributed by atoms with Crippen molar-refractivity contribution >= 4 is 5.97 Å². The zero-order chi connectivity index (χ0) is 11.8. The standard InChI is InChI=1S/C13H12N2O2/c1-17-13(16)12-11-6-9-4-2-3-5-10(9)7-15(11)8-14-12/h2-5,8H,6-7H2,1H3. The molecule has 2 heterocycles. The van der Waals surface area contributed by atoms with Crippen LogP contribution < -0.4 is 0 Å². The van der Waals surface area contributed by atoms with Gasteiger partial charge in [-0.3, -0.25) is 0 Å². The number of esters is 1. The predicted molar refractivity (Wildman–Crippen MR) is 61.9 cm³/mol. The van der Waals surface area contributed by atoms with Crippen LogP contribution in [0.3, 0.4) is 0 Å². The van der Waals surface area contributed by atoms with Gasteiger partial charge in [0.2, 0.25) is 0 Å². The van der Waals surface area contributed by atoms with Crippen molar-refractivity contribution in [1.29, 1.82) is 0 Å². The van der Waals surface area contributed by atoms with Crippen molar-refractivity contribution < 1.29 is 9.53 Å². The number of methoxy groups -OCH3 is 1. The zero-order valence-corrected chi connectivity index (χ0v) is 9.51. The van der Waals surface area contributed by atoms with Gasteiger partial charge in [-0.2, -0.15) is 0 Å². The Labute approximate surface area is 98.9 Å². The number of carbonyl (C=O) groups is 1. The molecule has 0 N–H and O–H groups in total. The highest BCUT2D eigenvalue weighted by molar-refractivity contribution is 5.88. The molecule has 17 heavy (non-hydrogen) atoms. The van der Waals surface area contributed by atoms with E-state index in [1.807, 2.05) is 16.7 Å². The number of fused-ring (bicyclic) bond motifs is 2. The van der Waals surface area contributed by atoms with E-state index in [-0.39, 0.29) is 5.97 Å². The first kappa shape index (κ1) is 10.1. The second kappa shape index (κ2) is 3.73. The minimum atomic E-state index is -0.363. The molecule has 0 atom stereocenters. The van der Waals surface area contributed by atoms with Crippen molar-refractivity contribution in [2.75, 3.05) is 7.11 Å². The maximum atomic E-state index is 11.6. The van der Waals surface area contributed by atoms with E-state index < -0.39 is 0 Å². The third-order valence-electron chi connectivity index (χ3n) is 3.14. The molecule has 1 aliphatic heterocycles. The number of ether oxygens (including phenoxy) is 1. The summed E-state index contributed by atoms with van der Waals surface area (Å²) < 4.78 is 6.74. The maximum Gasteiger partial charge on any atom is 0.358 e. The van der Waals surface area contributed by atoms with E-state index in [9.17, 15) is 4.79 Å². The van der Waals surface area contributed by atoms with Gasteiger partial charge in [0, 0.05) is 13.0 Å². The second-order valence-electron chi connectivity index (χ2n) is 4.10. The van der Waals surface area contributed by atoms with Crippen LogP contribution in [-0.2, 0) is 17.7 Å². The number of nitrogens with zero attached hydrogens (tertiary/aromatic N) is 2. The molecule has 0 saturated carbocycles. The zero-order valence-electron chi connectivity index (χ0n) is 9.51. The molecule has 0 saturated heterocycles. The fraction of sp³-hybridized carbons (Fsp3) is 0.231. The molecule has 0 radical (unpaired) electrons. The molecule has 0 spiro atoms. The van der Waals surface area contributed by atoms with E-state index in [1.54, 1.807) is 6.33 Å². The van der Waals surface area contributed by atoms with Gasteiger partial charge in [0.15, 0.2) is 5.69 Å². The number of imidazole rings is 1. The monoisotopic (exact) mass is 228 g/mol. The summed E-state index contributed by atoms with van der Waals surface area (Å²) in [5, 5.41) is 0. The van der Waals surface area contributed by atoms with E-state index in [0.717, 1.165) is 18.7 Å². The lowest BCUT2D eigenvalue weighted by molar-refractivity contribution is 0.0593. The van der Waals surface area contributed by atoms with Crippen molar-refractivity contribution in [3.63, 3.8) is 0 Å². The molecular weight excluding hydrogens is 216 g/mol. The topological polar surface area (TPSA) is 44.1 Å². The lowest BCUT2D eigenvalue weighted by Gasteiger charge is -2.18. The molecule has 4 nitrogen and oxygen atoms in total. The molecule has 1 aromatic heterocycles. The molecule has 0 amide bonds. The first-order valence-corrected chi connectivity index (χ1v) is 5.48. The summed E-state index contributed by atoms with van der Waals surface area (Å²) in [6.07, 6.45) is 2.44. The Morgan fingerprint density at radius 3 is 2.88 bits per heavy atom. The van der Waals surface area contributed by atoms with Crippen molar-refractivity contribution in [1.82, 2.24) is 9.55 Å². The van der Waals surface area contributed by atoms with Crippen LogP contribution >= 0.6 is 0 Å². The van der Waals surface area contributed by atoms with Gasteiger partial charge in [-0.05, 0) is 11.1 Å². The molecule has 1 aromatic carbocycles. The minimum absolute atomic E-state index is 0.363. The van der Waals surface area contributed by atoms with Gasteiger partial charge in [-0.1, -0.05) is 24.3 Å². The predicted octanol–water partition coefficient (Wildman–Crippen LogP) is 1.62. The molecule has 0 fully saturated rings. The summed E-state index contributed by atoms with van der Waals surface area (Å²) in [6.45, 7) is 0.773. The Hall–Kier alpha value is -2.10. The Bertz CT molecular complexity index is 587. The number of rotatable bonds is 1. The SMILES string of the molecule is COC(=O)c1ncn2c1Cc1ccccc1C2. The summed E-state index contributed by atoms with van der Waals surface area (Å²) >= 11 is 0. The Morgan fingerprint density at radius 1 is 1.35 bits per heavy atom. The third kappa shape index (κ3) is 1.53. The maximum absolute atomic E-state index is 11.6. The van der Waals surface area contributed by atoms with E-state index in [4.69, 9.17) is 4.74 Å². The Kier molecular flexibility index (Phi) is 2.21. The van der Waals surface area contributed by atoms with E-state index >= 15 is 0 Å². The summed E-state index contributed by atoms with van der Waals surface area (Å²) in [5.74, 6) is -0.363. The summed E-state index contributed by atoms with van der Waals surface area (Å²) in [4.78, 5) is 15.7. The molecule has 4 heteroatoms. The van der Waals surface area contributed by atoms with Crippen molar-refractivity contribution in [2.24, 2.45) is 0 Å². The van der Waals surface area contributed by atoms with Crippen molar-refractivity contribution in [3.05, 3.63) is 53.1 Å². The molecule has 86 valence electrons. The minimum Gasteiger partial charge on any atom is -0.464 e. The summed E-state index contributed by atoms with van der Waals surface area (Å²) in [7, 11) is 1.38. The Balaban J connectivity index is 2.05. The molecule has 0 unspecified atom stereocenters. The normalized spacial score (nSPS) is 12.8. The second-order valence-corrected chi connectivity index (χ2v) is 4.10. The fourth-order valence-electron chi connectivity index (χ4n) is 2.24. The largest absolute Gasteiger partial charge is 0.464 e. The number of hydrogen-bond acceptors (Lipinski definition) is 3. The number of benzene rings is 1. The van der Waals surface area contributed by atoms with Gasteiger partial charge in [0.05, 0.1) is 19.1 Å². The van der Waals surface area contributed by atoms with Crippen LogP contribution in [0.4, 0.5) is 0 Å². The first-order valence-electron chi connectivity index (χ1n) is 5.48. The fourth-order valence-corrected chi connectivity index (χ4v) is 2.24. The van der Waals surface area contributed by atoms with E-state index in [2.05, 4.69) is 17.1 Å². The first-order chi connectivity index (χ1) is 8.29. The van der Waals surface area contributed by atoms with Crippen LogP contribution in [0.5, 0.6) is 0 Å². The van der Waals surface area contributed by atoms with Crippen molar-refractivity contribution in [3.8, 4) is 0 Å². The average molecular weight is 228 g/mol. The lowest BCUT2D eigenvalue weighted by Crippen LogP contribution is -2.16. The van der Waals surface area contributed by atoms with Crippen LogP contribution in [0.2, 0.25) is 0 Å². The molecular formula is C13H12N2O2. The smallest absolute Gasteiger partial charge is 0.358 e. The quantitative estimate of drug-likeness (QED) is 0.594. The molecule has 3 rings (SSSR count). The highest BCUT2D eigenvalue weighted by Crippen LogP contribution is 2.24. The van der Waals surface area contributed by atoms with Gasteiger partial charge in [0.25, 0.3) is 0 Å². The van der Waals surface area contributed by atoms with Crippen LogP contribution in [-0.4, -0.2) is 22.6 Å². The summed E-state index contributed by atoms with van der Waals surface area (Å²) in [6, 6.07) is 8.24. The number of carbonyl (C=O) groups excluding carboxylic acids is 1.